The predicted molar refractivity (Wildman–Crippen MR) is 75.0 cm³/mol. The number of hydrogen-bond donors (Lipinski definition) is 2. The SMILES string of the molecule is CC(C)C(CNc1c(F)cccc1C(=O)O)C(C)C. The summed E-state index contributed by atoms with van der Waals surface area (Å²) < 4.78 is 13.7. The molecule has 0 fully saturated rings. The number of halogens is 1. The lowest BCUT2D eigenvalue weighted by Gasteiger charge is -2.26. The number of aromatic carboxylic acids is 1. The molecule has 0 atom stereocenters. The highest BCUT2D eigenvalue weighted by Gasteiger charge is 2.20. The molecule has 4 heteroatoms. The summed E-state index contributed by atoms with van der Waals surface area (Å²) in [5, 5.41) is 12.0. The first kappa shape index (κ1) is 15.5. The van der Waals surface area contributed by atoms with Crippen molar-refractivity contribution in [2.24, 2.45) is 17.8 Å². The Kier molecular flexibility index (Phi) is 5.33. The van der Waals surface area contributed by atoms with Crippen molar-refractivity contribution in [1.29, 1.82) is 0 Å². The highest BCUT2D eigenvalue weighted by Crippen LogP contribution is 2.24. The van der Waals surface area contributed by atoms with Gasteiger partial charge in [0.1, 0.15) is 5.82 Å². The largest absolute Gasteiger partial charge is 0.478 e. The molecule has 19 heavy (non-hydrogen) atoms. The Labute approximate surface area is 113 Å². The first-order valence-electron chi connectivity index (χ1n) is 6.60. The lowest BCUT2D eigenvalue weighted by Crippen LogP contribution is -2.25. The van der Waals surface area contributed by atoms with Crippen LogP contribution in [0.15, 0.2) is 18.2 Å². The molecule has 3 nitrogen and oxygen atoms in total. The van der Waals surface area contributed by atoms with Gasteiger partial charge < -0.3 is 10.4 Å². The number of para-hydroxylation sites is 1. The molecule has 1 aromatic rings. The van der Waals surface area contributed by atoms with Gasteiger partial charge in [0.25, 0.3) is 0 Å². The number of anilines is 1. The second-order valence-electron chi connectivity index (χ2n) is 5.50. The summed E-state index contributed by atoms with van der Waals surface area (Å²) in [6, 6.07) is 4.09. The molecule has 0 radical (unpaired) electrons. The van der Waals surface area contributed by atoms with Crippen LogP contribution in [0.2, 0.25) is 0 Å². The highest BCUT2D eigenvalue weighted by atomic mass is 19.1. The number of benzene rings is 1. The van der Waals surface area contributed by atoms with Crippen LogP contribution in [0.3, 0.4) is 0 Å². The molecule has 0 saturated heterocycles. The molecule has 0 unspecified atom stereocenters. The first-order valence-corrected chi connectivity index (χ1v) is 6.60. The fourth-order valence-corrected chi connectivity index (χ4v) is 2.34. The smallest absolute Gasteiger partial charge is 0.337 e. The Morgan fingerprint density at radius 3 is 2.32 bits per heavy atom. The molecule has 0 spiro atoms. The normalized spacial score (nSPS) is 11.4. The topological polar surface area (TPSA) is 49.3 Å². The first-order chi connectivity index (χ1) is 8.84. The van der Waals surface area contributed by atoms with E-state index < -0.39 is 11.8 Å². The maximum Gasteiger partial charge on any atom is 0.337 e. The van der Waals surface area contributed by atoms with Gasteiger partial charge in [-0.3, -0.25) is 0 Å². The second kappa shape index (κ2) is 6.55. The third-order valence-corrected chi connectivity index (χ3v) is 3.47. The zero-order valence-corrected chi connectivity index (χ0v) is 11.9. The molecule has 0 aliphatic carbocycles. The fraction of sp³-hybridized carbons (Fsp3) is 0.533. The zero-order valence-electron chi connectivity index (χ0n) is 11.9. The van der Waals surface area contributed by atoms with Gasteiger partial charge in [-0.1, -0.05) is 33.8 Å². The van der Waals surface area contributed by atoms with Crippen molar-refractivity contribution in [2.45, 2.75) is 27.7 Å². The van der Waals surface area contributed by atoms with Gasteiger partial charge in [0, 0.05) is 6.54 Å². The highest BCUT2D eigenvalue weighted by molar-refractivity contribution is 5.94. The Balaban J connectivity index is 2.90. The Morgan fingerprint density at radius 1 is 1.26 bits per heavy atom. The van der Waals surface area contributed by atoms with Crippen molar-refractivity contribution in [2.75, 3.05) is 11.9 Å². The molecule has 0 bridgehead atoms. The van der Waals surface area contributed by atoms with Gasteiger partial charge >= 0.3 is 5.97 Å². The molecule has 0 aromatic heterocycles. The van der Waals surface area contributed by atoms with Crippen LogP contribution in [0.25, 0.3) is 0 Å². The third kappa shape index (κ3) is 3.94. The van der Waals surface area contributed by atoms with E-state index in [4.69, 9.17) is 5.11 Å². The van der Waals surface area contributed by atoms with Crippen LogP contribution in [0.1, 0.15) is 38.1 Å². The molecule has 0 aliphatic heterocycles. The quantitative estimate of drug-likeness (QED) is 0.822. The van der Waals surface area contributed by atoms with Gasteiger partial charge in [-0.2, -0.15) is 0 Å². The van der Waals surface area contributed by atoms with E-state index in [0.29, 0.717) is 24.3 Å². The van der Waals surface area contributed by atoms with E-state index in [-0.39, 0.29) is 11.3 Å². The van der Waals surface area contributed by atoms with Gasteiger partial charge in [-0.05, 0) is 29.9 Å². The molecule has 0 amide bonds. The molecule has 0 aliphatic rings. The number of carboxylic acids is 1. The van der Waals surface area contributed by atoms with Crippen molar-refractivity contribution >= 4 is 11.7 Å². The summed E-state index contributed by atoms with van der Waals surface area (Å²) in [5.74, 6) is -0.375. The lowest BCUT2D eigenvalue weighted by molar-refractivity contribution is 0.0697. The minimum Gasteiger partial charge on any atom is -0.478 e. The summed E-state index contributed by atoms with van der Waals surface area (Å²) in [5.41, 5.74) is 0.0626. The van der Waals surface area contributed by atoms with Crippen LogP contribution in [0.5, 0.6) is 0 Å². The van der Waals surface area contributed by atoms with Crippen LogP contribution < -0.4 is 5.32 Å². The van der Waals surface area contributed by atoms with Gasteiger partial charge in [-0.15, -0.1) is 0 Å². The predicted octanol–water partition coefficient (Wildman–Crippen LogP) is 3.86. The second-order valence-corrected chi connectivity index (χ2v) is 5.50. The molecule has 1 rings (SSSR count). The van der Waals surface area contributed by atoms with Crippen molar-refractivity contribution in [1.82, 2.24) is 0 Å². The Morgan fingerprint density at radius 2 is 1.84 bits per heavy atom. The van der Waals surface area contributed by atoms with Crippen LogP contribution in [0.4, 0.5) is 10.1 Å². The summed E-state index contributed by atoms with van der Waals surface area (Å²) >= 11 is 0. The van der Waals surface area contributed by atoms with Crippen LogP contribution in [-0.4, -0.2) is 17.6 Å². The minimum absolute atomic E-state index is 0.0220. The maximum atomic E-state index is 13.7. The van der Waals surface area contributed by atoms with Crippen LogP contribution >= 0.6 is 0 Å². The van der Waals surface area contributed by atoms with Gasteiger partial charge in [-0.25, -0.2) is 9.18 Å². The zero-order chi connectivity index (χ0) is 14.6. The molecule has 0 saturated carbocycles. The Hall–Kier alpha value is -1.58. The third-order valence-electron chi connectivity index (χ3n) is 3.47. The summed E-state index contributed by atoms with van der Waals surface area (Å²) in [4.78, 5) is 11.1. The summed E-state index contributed by atoms with van der Waals surface area (Å²) in [6.07, 6.45) is 0. The number of hydrogen-bond acceptors (Lipinski definition) is 2. The van der Waals surface area contributed by atoms with Gasteiger partial charge in [0.2, 0.25) is 0 Å². The number of carbonyl (C=O) groups is 1. The molecule has 1 aromatic carbocycles. The van der Waals surface area contributed by atoms with E-state index in [9.17, 15) is 9.18 Å². The number of carboxylic acid groups (broad SMARTS) is 1. The molecular formula is C15H22FNO2. The fourth-order valence-electron chi connectivity index (χ4n) is 2.34. The van der Waals surface area contributed by atoms with E-state index in [1.807, 2.05) is 0 Å². The van der Waals surface area contributed by atoms with E-state index in [2.05, 4.69) is 33.0 Å². The monoisotopic (exact) mass is 267 g/mol. The van der Waals surface area contributed by atoms with Crippen molar-refractivity contribution in [3.8, 4) is 0 Å². The summed E-state index contributed by atoms with van der Waals surface area (Å²) in [7, 11) is 0. The lowest BCUT2D eigenvalue weighted by atomic mass is 9.85. The summed E-state index contributed by atoms with van der Waals surface area (Å²) in [6.45, 7) is 9.03. The Bertz CT molecular complexity index is 436. The molecule has 0 heterocycles. The van der Waals surface area contributed by atoms with E-state index in [0.717, 1.165) is 0 Å². The average molecular weight is 267 g/mol. The molecular weight excluding hydrogens is 245 g/mol. The molecule has 2 N–H and O–H groups in total. The average Bonchev–Trinajstić information content (AvgIpc) is 2.29. The number of rotatable bonds is 6. The van der Waals surface area contributed by atoms with Gasteiger partial charge in [0.05, 0.1) is 11.3 Å². The van der Waals surface area contributed by atoms with E-state index in [1.165, 1.54) is 18.2 Å². The van der Waals surface area contributed by atoms with E-state index >= 15 is 0 Å². The van der Waals surface area contributed by atoms with Crippen LogP contribution in [0, 0.1) is 23.6 Å². The van der Waals surface area contributed by atoms with Gasteiger partial charge in [0.15, 0.2) is 0 Å². The van der Waals surface area contributed by atoms with Crippen molar-refractivity contribution < 1.29 is 14.3 Å². The van der Waals surface area contributed by atoms with Crippen LogP contribution in [-0.2, 0) is 0 Å². The van der Waals surface area contributed by atoms with Crippen molar-refractivity contribution in [3.63, 3.8) is 0 Å². The minimum atomic E-state index is -1.12. The molecule has 106 valence electrons. The van der Waals surface area contributed by atoms with E-state index in [1.54, 1.807) is 0 Å². The standard InChI is InChI=1S/C15H22FNO2/c1-9(2)12(10(3)4)8-17-14-11(15(18)19)6-5-7-13(14)16/h5-7,9-10,12,17H,8H2,1-4H3,(H,18,19). The maximum absolute atomic E-state index is 13.7. The number of nitrogens with one attached hydrogen (secondary N) is 1. The van der Waals surface area contributed by atoms with Crippen molar-refractivity contribution in [3.05, 3.63) is 29.6 Å².